The van der Waals surface area contributed by atoms with E-state index in [0.29, 0.717) is 18.1 Å². The van der Waals surface area contributed by atoms with Gasteiger partial charge in [0.25, 0.3) is 0 Å². The van der Waals surface area contributed by atoms with Gasteiger partial charge in [-0.3, -0.25) is 0 Å². The number of hydrogen-bond donors (Lipinski definition) is 2. The maximum Gasteiger partial charge on any atom is 0.122 e. The van der Waals surface area contributed by atoms with Crippen LogP contribution in [-0.2, 0) is 12.8 Å². The number of phenolic OH excluding ortho intramolecular Hbond substituents is 1. The predicted molar refractivity (Wildman–Crippen MR) is 62.4 cm³/mol. The molecule has 0 saturated heterocycles. The minimum atomic E-state index is 0.0838. The van der Waals surface area contributed by atoms with E-state index in [0.717, 1.165) is 23.1 Å². The molecule has 84 valence electrons. The van der Waals surface area contributed by atoms with Gasteiger partial charge in [0.05, 0.1) is 0 Å². The molecule has 1 aromatic carbocycles. The van der Waals surface area contributed by atoms with E-state index in [1.165, 1.54) is 0 Å². The second-order valence-corrected chi connectivity index (χ2v) is 4.12. The summed E-state index contributed by atoms with van der Waals surface area (Å²) in [7, 11) is 0. The molecule has 0 saturated carbocycles. The second kappa shape index (κ2) is 5.17. The van der Waals surface area contributed by atoms with Crippen LogP contribution in [0.25, 0.3) is 0 Å². The van der Waals surface area contributed by atoms with E-state index in [2.05, 4.69) is 19.9 Å². The number of aliphatic hydroxyl groups is 1. The minimum Gasteiger partial charge on any atom is -0.507 e. The molecule has 0 radical (unpaired) electrons. The lowest BCUT2D eigenvalue weighted by Gasteiger charge is -2.16. The maximum absolute atomic E-state index is 10.0. The summed E-state index contributed by atoms with van der Waals surface area (Å²) in [6.45, 7) is 6.30. The van der Waals surface area contributed by atoms with E-state index in [4.69, 9.17) is 5.11 Å². The van der Waals surface area contributed by atoms with Crippen molar-refractivity contribution in [3.8, 4) is 5.75 Å². The number of aliphatic hydroxyl groups excluding tert-OH is 1. The SMILES string of the molecule is CCc1ccc(C(C)C)c(CCO)c1O. The Morgan fingerprint density at radius 1 is 1.27 bits per heavy atom. The van der Waals surface area contributed by atoms with Gasteiger partial charge >= 0.3 is 0 Å². The first-order valence-corrected chi connectivity index (χ1v) is 5.56. The molecule has 0 fully saturated rings. The van der Waals surface area contributed by atoms with Crippen molar-refractivity contribution in [3.05, 3.63) is 28.8 Å². The maximum atomic E-state index is 10.0. The molecule has 0 atom stereocenters. The molecular weight excluding hydrogens is 188 g/mol. The molecule has 0 unspecified atom stereocenters. The van der Waals surface area contributed by atoms with Crippen molar-refractivity contribution in [1.82, 2.24) is 0 Å². The van der Waals surface area contributed by atoms with Crippen LogP contribution in [0.2, 0.25) is 0 Å². The number of aromatic hydroxyl groups is 1. The highest BCUT2D eigenvalue weighted by Gasteiger charge is 2.13. The summed E-state index contributed by atoms with van der Waals surface area (Å²) in [5, 5.41) is 19.0. The van der Waals surface area contributed by atoms with E-state index in [1.54, 1.807) is 0 Å². The topological polar surface area (TPSA) is 40.5 Å². The average Bonchev–Trinajstić information content (AvgIpc) is 2.20. The standard InChI is InChI=1S/C13H20O2/c1-4-10-5-6-11(9(2)3)12(7-8-14)13(10)15/h5-6,9,14-15H,4,7-8H2,1-3H3. The molecule has 0 aliphatic carbocycles. The molecule has 0 aliphatic rings. The molecule has 2 nitrogen and oxygen atoms in total. The van der Waals surface area contributed by atoms with Gasteiger partial charge in [-0.1, -0.05) is 32.9 Å². The van der Waals surface area contributed by atoms with Crippen molar-refractivity contribution < 1.29 is 10.2 Å². The summed E-state index contributed by atoms with van der Waals surface area (Å²) >= 11 is 0. The summed E-state index contributed by atoms with van der Waals surface area (Å²) in [6.07, 6.45) is 1.36. The van der Waals surface area contributed by atoms with Crippen LogP contribution in [0.1, 0.15) is 43.4 Å². The summed E-state index contributed by atoms with van der Waals surface area (Å²) in [5.41, 5.74) is 3.01. The number of rotatable bonds is 4. The van der Waals surface area contributed by atoms with Crippen LogP contribution in [-0.4, -0.2) is 16.8 Å². The third-order valence-electron chi connectivity index (χ3n) is 2.77. The number of benzene rings is 1. The predicted octanol–water partition coefficient (Wildman–Crippen LogP) is 2.61. The second-order valence-electron chi connectivity index (χ2n) is 4.12. The molecular formula is C13H20O2. The van der Waals surface area contributed by atoms with Crippen molar-refractivity contribution >= 4 is 0 Å². The molecule has 0 bridgehead atoms. The Hall–Kier alpha value is -1.02. The van der Waals surface area contributed by atoms with Crippen LogP contribution in [0.5, 0.6) is 5.75 Å². The van der Waals surface area contributed by atoms with Gasteiger partial charge in [-0.25, -0.2) is 0 Å². The van der Waals surface area contributed by atoms with Gasteiger partial charge in [0.15, 0.2) is 0 Å². The summed E-state index contributed by atoms with van der Waals surface area (Å²) in [5.74, 6) is 0.751. The minimum absolute atomic E-state index is 0.0838. The van der Waals surface area contributed by atoms with Crippen molar-refractivity contribution in [2.45, 2.75) is 39.5 Å². The van der Waals surface area contributed by atoms with E-state index >= 15 is 0 Å². The zero-order valence-electron chi connectivity index (χ0n) is 9.75. The van der Waals surface area contributed by atoms with Crippen molar-refractivity contribution in [3.63, 3.8) is 0 Å². The lowest BCUT2D eigenvalue weighted by atomic mass is 9.92. The third-order valence-corrected chi connectivity index (χ3v) is 2.77. The average molecular weight is 208 g/mol. The molecule has 2 heteroatoms. The lowest BCUT2D eigenvalue weighted by Crippen LogP contribution is -2.01. The first kappa shape index (κ1) is 12.1. The highest BCUT2D eigenvalue weighted by atomic mass is 16.3. The van der Waals surface area contributed by atoms with Gasteiger partial charge in [-0.05, 0) is 35.4 Å². The molecule has 0 aliphatic heterocycles. The van der Waals surface area contributed by atoms with Gasteiger partial charge in [0.2, 0.25) is 0 Å². The van der Waals surface area contributed by atoms with Gasteiger partial charge in [0, 0.05) is 6.61 Å². The molecule has 0 amide bonds. The molecule has 1 rings (SSSR count). The Labute approximate surface area is 91.6 Å². The molecule has 15 heavy (non-hydrogen) atoms. The molecule has 0 aromatic heterocycles. The fourth-order valence-electron chi connectivity index (χ4n) is 1.90. The van der Waals surface area contributed by atoms with E-state index < -0.39 is 0 Å². The first-order chi connectivity index (χ1) is 7.11. The van der Waals surface area contributed by atoms with Gasteiger partial charge in [-0.15, -0.1) is 0 Å². The first-order valence-electron chi connectivity index (χ1n) is 5.56. The Balaban J connectivity index is 3.24. The lowest BCUT2D eigenvalue weighted by molar-refractivity contribution is 0.296. The molecule has 1 aromatic rings. The van der Waals surface area contributed by atoms with Crippen molar-refractivity contribution in [2.75, 3.05) is 6.61 Å². The number of phenols is 1. The van der Waals surface area contributed by atoms with Crippen LogP contribution >= 0.6 is 0 Å². The fourth-order valence-corrected chi connectivity index (χ4v) is 1.90. The van der Waals surface area contributed by atoms with Gasteiger partial charge in [-0.2, -0.15) is 0 Å². The quantitative estimate of drug-likeness (QED) is 0.798. The van der Waals surface area contributed by atoms with Gasteiger partial charge < -0.3 is 10.2 Å². The normalized spacial score (nSPS) is 11.0. The third kappa shape index (κ3) is 2.51. The Morgan fingerprint density at radius 3 is 2.40 bits per heavy atom. The van der Waals surface area contributed by atoms with Crippen LogP contribution < -0.4 is 0 Å². The van der Waals surface area contributed by atoms with Crippen LogP contribution in [0.3, 0.4) is 0 Å². The summed E-state index contributed by atoms with van der Waals surface area (Å²) in [6, 6.07) is 4.04. The highest BCUT2D eigenvalue weighted by molar-refractivity contribution is 5.47. The molecule has 2 N–H and O–H groups in total. The Morgan fingerprint density at radius 2 is 1.93 bits per heavy atom. The Bertz CT molecular complexity index is 330. The van der Waals surface area contributed by atoms with Gasteiger partial charge in [0.1, 0.15) is 5.75 Å². The zero-order chi connectivity index (χ0) is 11.4. The van der Waals surface area contributed by atoms with Crippen LogP contribution in [0.15, 0.2) is 12.1 Å². The summed E-state index contributed by atoms with van der Waals surface area (Å²) in [4.78, 5) is 0. The van der Waals surface area contributed by atoms with E-state index in [9.17, 15) is 5.11 Å². The Kier molecular flexibility index (Phi) is 4.15. The monoisotopic (exact) mass is 208 g/mol. The number of aryl methyl sites for hydroxylation is 1. The van der Waals surface area contributed by atoms with E-state index in [-0.39, 0.29) is 6.61 Å². The van der Waals surface area contributed by atoms with Crippen LogP contribution in [0.4, 0.5) is 0 Å². The highest BCUT2D eigenvalue weighted by Crippen LogP contribution is 2.31. The van der Waals surface area contributed by atoms with Crippen molar-refractivity contribution in [1.29, 1.82) is 0 Å². The molecule has 0 heterocycles. The smallest absolute Gasteiger partial charge is 0.122 e. The largest absolute Gasteiger partial charge is 0.507 e. The van der Waals surface area contributed by atoms with Crippen molar-refractivity contribution in [2.24, 2.45) is 0 Å². The number of hydrogen-bond acceptors (Lipinski definition) is 2. The zero-order valence-corrected chi connectivity index (χ0v) is 9.75. The fraction of sp³-hybridized carbons (Fsp3) is 0.538. The van der Waals surface area contributed by atoms with Crippen LogP contribution in [0, 0.1) is 0 Å². The molecule has 0 spiro atoms. The summed E-state index contributed by atoms with van der Waals surface area (Å²) < 4.78 is 0. The van der Waals surface area contributed by atoms with E-state index in [1.807, 2.05) is 13.0 Å².